The van der Waals surface area contributed by atoms with Crippen molar-refractivity contribution in [1.82, 2.24) is 20.6 Å². The average Bonchev–Trinajstić information content (AvgIpc) is 3.42. The van der Waals surface area contributed by atoms with Gasteiger partial charge in [0.2, 0.25) is 5.95 Å². The van der Waals surface area contributed by atoms with Crippen molar-refractivity contribution in [3.05, 3.63) is 118 Å². The Kier molecular flexibility index (Phi) is 8.67. The number of nitrogens with one attached hydrogen (secondary N) is 3. The van der Waals surface area contributed by atoms with E-state index in [1.54, 1.807) is 49.4 Å². The molecule has 1 aliphatic carbocycles. The number of benzene rings is 3. The topological polar surface area (TPSA) is 156 Å². The third kappa shape index (κ3) is 6.73. The number of rotatable bonds is 9. The maximum absolute atomic E-state index is 13.7. The molecule has 1 aromatic heterocycles. The Morgan fingerprint density at radius 2 is 1.68 bits per heavy atom. The maximum Gasteiger partial charge on any atom is 0.337 e. The minimum Gasteiger partial charge on any atom is -0.465 e. The summed E-state index contributed by atoms with van der Waals surface area (Å²) < 4.78 is 46.7. The van der Waals surface area contributed by atoms with E-state index < -0.39 is 39.8 Å². The first kappa shape index (κ1) is 30.3. The van der Waals surface area contributed by atoms with Crippen LogP contribution in [0.15, 0.2) is 77.7 Å². The molecule has 0 unspecified atom stereocenters. The molecule has 3 N–H and O–H groups in total. The smallest absolute Gasteiger partial charge is 0.337 e. The summed E-state index contributed by atoms with van der Waals surface area (Å²) in [5.41, 5.74) is 2.63. The molecule has 0 aliphatic heterocycles. The molecule has 2 amide bonds. The van der Waals surface area contributed by atoms with Gasteiger partial charge in [-0.1, -0.05) is 36.4 Å². The summed E-state index contributed by atoms with van der Waals surface area (Å²) in [6.07, 6.45) is 1.15. The summed E-state index contributed by atoms with van der Waals surface area (Å²) in [5, 5.41) is 5.54. The molecule has 11 nitrogen and oxygen atoms in total. The van der Waals surface area contributed by atoms with Gasteiger partial charge in [0.15, 0.2) is 0 Å². The molecular weight excluding hydrogens is 589 g/mol. The number of sulfonamides is 1. The van der Waals surface area contributed by atoms with E-state index in [9.17, 15) is 27.2 Å². The zero-order valence-corrected chi connectivity index (χ0v) is 24.6. The third-order valence-electron chi connectivity index (χ3n) is 7.09. The Bertz CT molecular complexity index is 1870. The zero-order valence-electron chi connectivity index (χ0n) is 23.8. The molecular formula is C31H28FN5O6S. The van der Waals surface area contributed by atoms with Crippen LogP contribution in [0, 0.1) is 12.7 Å². The number of aromatic nitrogens is 2. The van der Waals surface area contributed by atoms with Crippen molar-refractivity contribution in [3.63, 3.8) is 0 Å². The number of anilines is 1. The first-order chi connectivity index (χ1) is 21.0. The molecule has 1 heterocycles. The Balaban J connectivity index is 1.41. The van der Waals surface area contributed by atoms with Crippen LogP contribution in [0.1, 0.15) is 66.1 Å². The van der Waals surface area contributed by atoms with Crippen LogP contribution in [-0.4, -0.2) is 43.3 Å². The number of fused-ring (bicyclic) bond motifs is 1. The van der Waals surface area contributed by atoms with Crippen LogP contribution in [0.5, 0.6) is 0 Å². The van der Waals surface area contributed by atoms with Crippen LogP contribution in [0.3, 0.4) is 0 Å². The maximum atomic E-state index is 13.7. The number of aryl methyl sites for hydroxylation is 2. The van der Waals surface area contributed by atoms with E-state index in [1.807, 2.05) is 0 Å². The largest absolute Gasteiger partial charge is 0.465 e. The van der Waals surface area contributed by atoms with Gasteiger partial charge < -0.3 is 15.4 Å². The molecule has 0 spiro atoms. The molecule has 0 fully saturated rings. The molecule has 1 atom stereocenters. The van der Waals surface area contributed by atoms with E-state index in [-0.39, 0.29) is 28.6 Å². The van der Waals surface area contributed by atoms with E-state index in [1.165, 1.54) is 31.4 Å². The van der Waals surface area contributed by atoms with Crippen LogP contribution < -0.4 is 15.4 Å². The Hall–Kier alpha value is -5.17. The molecule has 3 aromatic carbocycles. The van der Waals surface area contributed by atoms with Crippen molar-refractivity contribution in [2.24, 2.45) is 0 Å². The van der Waals surface area contributed by atoms with Gasteiger partial charge in [0.1, 0.15) is 17.2 Å². The van der Waals surface area contributed by atoms with Gasteiger partial charge in [-0.05, 0) is 72.4 Å². The van der Waals surface area contributed by atoms with Gasteiger partial charge in [0.25, 0.3) is 21.8 Å². The van der Waals surface area contributed by atoms with Crippen molar-refractivity contribution in [3.8, 4) is 0 Å². The lowest BCUT2D eigenvalue weighted by Gasteiger charge is -2.15. The molecule has 0 radical (unpaired) electrons. The second-order valence-corrected chi connectivity index (χ2v) is 11.8. The molecule has 13 heteroatoms. The highest BCUT2D eigenvalue weighted by atomic mass is 32.2. The van der Waals surface area contributed by atoms with E-state index >= 15 is 0 Å². The van der Waals surface area contributed by atoms with Crippen LogP contribution in [0.25, 0.3) is 0 Å². The second-order valence-electron chi connectivity index (χ2n) is 10.1. The highest BCUT2D eigenvalue weighted by molar-refractivity contribution is 7.92. The Morgan fingerprint density at radius 3 is 2.39 bits per heavy atom. The monoisotopic (exact) mass is 617 g/mol. The normalized spacial score (nSPS) is 13.9. The molecule has 0 saturated carbocycles. The number of carbonyl (C=O) groups excluding carboxylic acids is 3. The lowest BCUT2D eigenvalue weighted by Crippen LogP contribution is -2.30. The summed E-state index contributed by atoms with van der Waals surface area (Å²) in [7, 11) is -2.85. The van der Waals surface area contributed by atoms with Gasteiger partial charge in [-0.15, -0.1) is 0 Å². The summed E-state index contributed by atoms with van der Waals surface area (Å²) in [6.45, 7) is 1.63. The summed E-state index contributed by atoms with van der Waals surface area (Å²) in [5.74, 6) is -2.68. The van der Waals surface area contributed by atoms with Gasteiger partial charge in [-0.3, -0.25) is 9.59 Å². The van der Waals surface area contributed by atoms with E-state index in [0.717, 1.165) is 17.2 Å². The van der Waals surface area contributed by atoms with Crippen LogP contribution in [0.4, 0.5) is 10.3 Å². The predicted molar refractivity (Wildman–Crippen MR) is 158 cm³/mol. The minimum atomic E-state index is -4.15. The number of methoxy groups -OCH3 is 1. The zero-order chi connectivity index (χ0) is 31.4. The van der Waals surface area contributed by atoms with Gasteiger partial charge in [0, 0.05) is 12.6 Å². The molecule has 0 bridgehead atoms. The molecule has 226 valence electrons. The second kappa shape index (κ2) is 12.6. The standard InChI is InChI=1S/C31H28FN5O6S/c1-18-14-19(8-12-24(18)32)17-33-28(38)26-16-27(36-31(35-26)37-44(41,42)22-6-4-3-5-7-22)29(39)34-25-13-10-20-15-21(30(40)43-2)9-11-23(20)25/h3-9,11-12,14-16,25H,10,13,17H2,1-2H3,(H,33,38)(H,34,39)(H,35,36,37)/t25-/m0/s1. The Labute approximate surface area is 252 Å². The van der Waals surface area contributed by atoms with Gasteiger partial charge in [-0.2, -0.15) is 0 Å². The predicted octanol–water partition coefficient (Wildman–Crippen LogP) is 3.86. The van der Waals surface area contributed by atoms with E-state index in [4.69, 9.17) is 4.74 Å². The minimum absolute atomic E-state index is 0.0307. The molecule has 4 aromatic rings. The highest BCUT2D eigenvalue weighted by Gasteiger charge is 2.27. The van der Waals surface area contributed by atoms with Crippen molar-refractivity contribution in [1.29, 1.82) is 0 Å². The highest BCUT2D eigenvalue weighted by Crippen LogP contribution is 2.32. The van der Waals surface area contributed by atoms with Crippen molar-refractivity contribution in [2.45, 2.75) is 37.2 Å². The lowest BCUT2D eigenvalue weighted by molar-refractivity contribution is 0.0600. The lowest BCUT2D eigenvalue weighted by atomic mass is 10.0. The fourth-order valence-electron chi connectivity index (χ4n) is 4.84. The number of ether oxygens (including phenoxy) is 1. The molecule has 5 rings (SSSR count). The van der Waals surface area contributed by atoms with Crippen molar-refractivity contribution >= 4 is 33.8 Å². The SMILES string of the molecule is COC(=O)c1ccc2c(c1)CC[C@@H]2NC(=O)c1cc(C(=O)NCc2ccc(F)c(C)c2)nc(NS(=O)(=O)c2ccccc2)n1. The van der Waals surface area contributed by atoms with E-state index in [2.05, 4.69) is 25.3 Å². The van der Waals surface area contributed by atoms with Gasteiger partial charge >= 0.3 is 5.97 Å². The summed E-state index contributed by atoms with van der Waals surface area (Å²) in [6, 6.07) is 17.7. The van der Waals surface area contributed by atoms with Gasteiger partial charge in [-0.25, -0.2) is 32.3 Å². The molecule has 1 aliphatic rings. The first-order valence-corrected chi connectivity index (χ1v) is 15.0. The van der Waals surface area contributed by atoms with Crippen LogP contribution >= 0.6 is 0 Å². The Morgan fingerprint density at radius 1 is 0.955 bits per heavy atom. The number of esters is 1. The van der Waals surface area contributed by atoms with Crippen LogP contribution in [0.2, 0.25) is 0 Å². The van der Waals surface area contributed by atoms with Crippen LogP contribution in [-0.2, 0) is 27.7 Å². The third-order valence-corrected chi connectivity index (χ3v) is 8.44. The van der Waals surface area contributed by atoms with Gasteiger partial charge in [0.05, 0.1) is 23.6 Å². The first-order valence-electron chi connectivity index (χ1n) is 13.6. The van der Waals surface area contributed by atoms with Crippen molar-refractivity contribution in [2.75, 3.05) is 11.8 Å². The fraction of sp³-hybridized carbons (Fsp3) is 0.194. The quantitative estimate of drug-likeness (QED) is 0.239. The summed E-state index contributed by atoms with van der Waals surface area (Å²) >= 11 is 0. The fourth-order valence-corrected chi connectivity index (χ4v) is 5.80. The number of carbonyl (C=O) groups is 3. The number of hydrogen-bond acceptors (Lipinski definition) is 8. The number of halogens is 1. The summed E-state index contributed by atoms with van der Waals surface area (Å²) in [4.78, 5) is 46.6. The number of nitrogens with zero attached hydrogens (tertiary/aromatic N) is 2. The molecule has 44 heavy (non-hydrogen) atoms. The number of hydrogen-bond donors (Lipinski definition) is 3. The van der Waals surface area contributed by atoms with Crippen molar-refractivity contribution < 1.29 is 31.9 Å². The molecule has 0 saturated heterocycles. The number of amides is 2. The van der Waals surface area contributed by atoms with E-state index in [0.29, 0.717) is 29.5 Å². The average molecular weight is 618 g/mol.